The minimum Gasteiger partial charge on any atom is -0.466 e. The zero-order valence-corrected chi connectivity index (χ0v) is 64.2. The van der Waals surface area contributed by atoms with E-state index < -0.39 is 12.1 Å². The topological polar surface area (TPSA) is 95.9 Å². The van der Waals surface area contributed by atoms with Gasteiger partial charge in [0.05, 0.1) is 25.4 Å². The molecule has 2 unspecified atom stereocenters. The molecule has 0 spiro atoms. The summed E-state index contributed by atoms with van der Waals surface area (Å²) in [6, 6.07) is -0.539. The van der Waals surface area contributed by atoms with Crippen molar-refractivity contribution in [3.05, 3.63) is 24.3 Å². The highest BCUT2D eigenvalue weighted by atomic mass is 16.5. The zero-order chi connectivity index (χ0) is 67.7. The molecule has 0 saturated carbocycles. The van der Waals surface area contributed by atoms with Gasteiger partial charge in [0.1, 0.15) is 0 Å². The van der Waals surface area contributed by atoms with Crippen molar-refractivity contribution < 1.29 is 24.5 Å². The number of hydrogen-bond acceptors (Lipinski definition) is 5. The third-order valence-corrected chi connectivity index (χ3v) is 20.7. The molecule has 0 radical (unpaired) electrons. The lowest BCUT2D eigenvalue weighted by Crippen LogP contribution is -2.45. The summed E-state index contributed by atoms with van der Waals surface area (Å²) in [4.78, 5) is 24.7. The summed E-state index contributed by atoms with van der Waals surface area (Å²) in [5, 5.41) is 23.5. The summed E-state index contributed by atoms with van der Waals surface area (Å²) in [6.07, 6.45) is 109. The van der Waals surface area contributed by atoms with E-state index in [2.05, 4.69) is 43.5 Å². The van der Waals surface area contributed by atoms with Crippen LogP contribution >= 0.6 is 0 Å². The van der Waals surface area contributed by atoms with Crippen LogP contribution in [0, 0.1) is 0 Å². The van der Waals surface area contributed by atoms with Crippen molar-refractivity contribution in [2.45, 2.75) is 514 Å². The molecule has 6 nitrogen and oxygen atoms in total. The first-order chi connectivity index (χ1) is 46.5. The van der Waals surface area contributed by atoms with Crippen molar-refractivity contribution in [3.63, 3.8) is 0 Å². The number of nitrogens with one attached hydrogen (secondary N) is 1. The molecule has 0 aliphatic rings. The number of carbonyl (C=O) groups excluding carboxylic acids is 2. The average molecular weight is 1320 g/mol. The van der Waals surface area contributed by atoms with E-state index in [1.165, 1.54) is 424 Å². The van der Waals surface area contributed by atoms with Crippen molar-refractivity contribution in [2.75, 3.05) is 13.2 Å². The number of amides is 1. The standard InChI is InChI=1S/C88H171NO5/c1-3-5-7-9-11-13-15-17-19-20-21-22-23-41-44-47-50-53-56-60-64-68-72-76-80-86(91)85(84-90)89-87(92)81-77-73-69-65-61-57-54-51-48-45-42-39-37-35-33-31-29-27-25-24-26-28-30-32-34-36-38-40-43-46-49-52-55-59-63-67-71-75-79-83-94-88(93)82-78-74-70-66-62-58-18-16-14-12-10-8-6-4-2/h16,18,24-25,85-86,90-91H,3-15,17,19-23,26-84H2,1-2H3,(H,89,92)/b18-16-,25-24-. The van der Waals surface area contributed by atoms with Gasteiger partial charge in [0.25, 0.3) is 0 Å². The van der Waals surface area contributed by atoms with Crippen molar-refractivity contribution in [2.24, 2.45) is 0 Å². The zero-order valence-electron chi connectivity index (χ0n) is 64.2. The van der Waals surface area contributed by atoms with Crippen molar-refractivity contribution in [1.29, 1.82) is 0 Å². The number of carbonyl (C=O) groups is 2. The van der Waals surface area contributed by atoms with Crippen LogP contribution in [-0.2, 0) is 14.3 Å². The Bertz CT molecular complexity index is 1480. The fourth-order valence-electron chi connectivity index (χ4n) is 14.1. The summed E-state index contributed by atoms with van der Waals surface area (Å²) in [5.41, 5.74) is 0. The molecule has 558 valence electrons. The number of rotatable bonds is 83. The molecule has 1 amide bonds. The van der Waals surface area contributed by atoms with E-state index in [9.17, 15) is 19.8 Å². The highest BCUT2D eigenvalue weighted by Crippen LogP contribution is 2.21. The third kappa shape index (κ3) is 79.3. The van der Waals surface area contributed by atoms with Crippen LogP contribution in [0.5, 0.6) is 0 Å². The van der Waals surface area contributed by atoms with E-state index in [4.69, 9.17) is 4.74 Å². The van der Waals surface area contributed by atoms with Gasteiger partial charge in [0.2, 0.25) is 5.91 Å². The molecule has 0 bridgehead atoms. The number of ether oxygens (including phenoxy) is 1. The smallest absolute Gasteiger partial charge is 0.305 e. The highest BCUT2D eigenvalue weighted by molar-refractivity contribution is 5.76. The van der Waals surface area contributed by atoms with E-state index >= 15 is 0 Å². The first kappa shape index (κ1) is 92.3. The van der Waals surface area contributed by atoms with Crippen LogP contribution in [-0.4, -0.2) is 47.4 Å². The van der Waals surface area contributed by atoms with Crippen LogP contribution in [0.2, 0.25) is 0 Å². The molecule has 0 aliphatic carbocycles. The predicted molar refractivity (Wildman–Crippen MR) is 417 cm³/mol. The van der Waals surface area contributed by atoms with E-state index in [-0.39, 0.29) is 18.5 Å². The Morgan fingerprint density at radius 2 is 0.500 bits per heavy atom. The van der Waals surface area contributed by atoms with Gasteiger partial charge < -0.3 is 20.3 Å². The lowest BCUT2D eigenvalue weighted by atomic mass is 10.0. The monoisotopic (exact) mass is 1320 g/mol. The predicted octanol–water partition coefficient (Wildman–Crippen LogP) is 29.2. The van der Waals surface area contributed by atoms with Gasteiger partial charge in [0.15, 0.2) is 0 Å². The lowest BCUT2D eigenvalue weighted by molar-refractivity contribution is -0.143. The Labute approximate surface area is 590 Å². The lowest BCUT2D eigenvalue weighted by Gasteiger charge is -2.22. The van der Waals surface area contributed by atoms with Gasteiger partial charge in [-0.25, -0.2) is 0 Å². The summed E-state index contributed by atoms with van der Waals surface area (Å²) in [7, 11) is 0. The molecule has 0 heterocycles. The second-order valence-corrected chi connectivity index (χ2v) is 30.2. The van der Waals surface area contributed by atoms with Gasteiger partial charge in [-0.1, -0.05) is 436 Å². The van der Waals surface area contributed by atoms with Crippen LogP contribution < -0.4 is 5.32 Å². The van der Waals surface area contributed by atoms with E-state index in [1.807, 2.05) is 0 Å². The maximum Gasteiger partial charge on any atom is 0.305 e. The Hall–Kier alpha value is -1.66. The molecule has 0 aromatic rings. The van der Waals surface area contributed by atoms with Crippen LogP contribution in [0.4, 0.5) is 0 Å². The largest absolute Gasteiger partial charge is 0.466 e. The van der Waals surface area contributed by atoms with Gasteiger partial charge in [-0.3, -0.25) is 9.59 Å². The Kier molecular flexibility index (Phi) is 82.3. The van der Waals surface area contributed by atoms with Crippen LogP contribution in [0.3, 0.4) is 0 Å². The van der Waals surface area contributed by atoms with Crippen molar-refractivity contribution in [3.8, 4) is 0 Å². The molecular weight excluding hydrogens is 1150 g/mol. The molecule has 0 rings (SSSR count). The first-order valence-electron chi connectivity index (χ1n) is 43.6. The minimum atomic E-state index is -0.663. The summed E-state index contributed by atoms with van der Waals surface area (Å²) in [6.45, 7) is 5.00. The van der Waals surface area contributed by atoms with Crippen molar-refractivity contribution >= 4 is 11.9 Å². The molecule has 3 N–H and O–H groups in total. The van der Waals surface area contributed by atoms with Crippen LogP contribution in [0.15, 0.2) is 24.3 Å². The van der Waals surface area contributed by atoms with Gasteiger partial charge in [-0.15, -0.1) is 0 Å². The normalized spacial score (nSPS) is 12.5. The summed E-state index contributed by atoms with van der Waals surface area (Å²) >= 11 is 0. The maximum atomic E-state index is 12.6. The average Bonchev–Trinajstić information content (AvgIpc) is 3.59. The van der Waals surface area contributed by atoms with Gasteiger partial charge >= 0.3 is 5.97 Å². The second kappa shape index (κ2) is 83.8. The third-order valence-electron chi connectivity index (χ3n) is 20.7. The number of aliphatic hydroxyl groups excluding tert-OH is 2. The fourth-order valence-corrected chi connectivity index (χ4v) is 14.1. The fraction of sp³-hybridized carbons (Fsp3) is 0.932. The Balaban J connectivity index is 3.33. The number of hydrogen-bond donors (Lipinski definition) is 3. The molecule has 6 heteroatoms. The summed E-state index contributed by atoms with van der Waals surface area (Å²) < 4.78 is 5.50. The minimum absolute atomic E-state index is 0.0150. The quantitative estimate of drug-likeness (QED) is 0.0320. The number of unbranched alkanes of at least 4 members (excludes halogenated alkanes) is 68. The van der Waals surface area contributed by atoms with E-state index in [0.29, 0.717) is 25.9 Å². The van der Waals surface area contributed by atoms with Gasteiger partial charge in [-0.2, -0.15) is 0 Å². The maximum absolute atomic E-state index is 12.6. The molecule has 0 saturated heterocycles. The van der Waals surface area contributed by atoms with Crippen LogP contribution in [0.25, 0.3) is 0 Å². The SMILES string of the molecule is CCCCCCC/C=C\CCCCCCCC(=O)OCCCCCCCCCCCCCCCCCCCC/C=C\CCCCCCCCCCCCCCCCCCCC(=O)NC(CO)C(O)CCCCCCCCCCCCCCCCCCCCCCCCCC. The van der Waals surface area contributed by atoms with Gasteiger partial charge in [0, 0.05) is 12.8 Å². The first-order valence-corrected chi connectivity index (χ1v) is 43.6. The molecule has 0 aliphatic heterocycles. The Morgan fingerprint density at radius 1 is 0.287 bits per heavy atom. The number of allylic oxidation sites excluding steroid dienone is 4. The second-order valence-electron chi connectivity index (χ2n) is 30.2. The molecule has 94 heavy (non-hydrogen) atoms. The Morgan fingerprint density at radius 3 is 0.755 bits per heavy atom. The number of esters is 1. The van der Waals surface area contributed by atoms with Crippen molar-refractivity contribution in [1.82, 2.24) is 5.32 Å². The van der Waals surface area contributed by atoms with Crippen LogP contribution in [0.1, 0.15) is 502 Å². The molecule has 0 fully saturated rings. The molecule has 0 aromatic heterocycles. The highest BCUT2D eigenvalue weighted by Gasteiger charge is 2.20. The van der Waals surface area contributed by atoms with Gasteiger partial charge in [-0.05, 0) is 77.0 Å². The number of aliphatic hydroxyl groups is 2. The van der Waals surface area contributed by atoms with E-state index in [1.54, 1.807) is 0 Å². The summed E-state index contributed by atoms with van der Waals surface area (Å²) in [5.74, 6) is -0.00928. The van der Waals surface area contributed by atoms with E-state index in [0.717, 1.165) is 44.9 Å². The molecular formula is C88H171NO5. The molecule has 0 aromatic carbocycles. The molecule has 2 atom stereocenters.